The van der Waals surface area contributed by atoms with E-state index in [0.29, 0.717) is 58.0 Å². The smallest absolute Gasteiger partial charge is 0.305 e. The van der Waals surface area contributed by atoms with Crippen LogP contribution >= 0.6 is 0 Å². The lowest BCUT2D eigenvalue weighted by Gasteiger charge is -2.53. The Morgan fingerprint density at radius 3 is 1.54 bits per heavy atom. The predicted molar refractivity (Wildman–Crippen MR) is 254 cm³/mol. The van der Waals surface area contributed by atoms with Crippen LogP contribution in [0.1, 0.15) is 127 Å². The van der Waals surface area contributed by atoms with Crippen LogP contribution in [0.25, 0.3) is 0 Å². The Bertz CT molecular complexity index is 1670. The summed E-state index contributed by atoms with van der Waals surface area (Å²) < 4.78 is 63.6. The van der Waals surface area contributed by atoms with Gasteiger partial charge in [-0.15, -0.1) is 0 Å². The Morgan fingerprint density at radius 1 is 0.652 bits per heavy atom. The van der Waals surface area contributed by atoms with Crippen molar-refractivity contribution < 1.29 is 82.1 Å². The first-order valence-electron chi connectivity index (χ1n) is 25.3. The van der Waals surface area contributed by atoms with Crippen molar-refractivity contribution in [3.8, 4) is 0 Å². The van der Waals surface area contributed by atoms with Crippen LogP contribution in [0, 0.1) is 23.7 Å². The van der Waals surface area contributed by atoms with E-state index in [1.54, 1.807) is 7.11 Å². The number of esters is 2. The quantitative estimate of drug-likeness (QED) is 0.156. The summed E-state index contributed by atoms with van der Waals surface area (Å²) in [6, 6.07) is 0. The highest BCUT2D eigenvalue weighted by atomic mass is 16.7. The van der Waals surface area contributed by atoms with Crippen molar-refractivity contribution in [2.75, 3.05) is 34.5 Å². The number of methoxy groups -OCH3 is 3. The first kappa shape index (κ1) is 57.8. The SMILES string of the molecule is C=C1[C@H](C)C[C@H](CCC(=O)OC)O[C@@H]1C[C@@H]1O[C@H]2C[C@@H](O)[C@@H](CO)O[C@H]2[C@H](C)[C@H]1O.C=C1[C@H](C)C[C@H](CCC(=O)OC)O[C@@H]1C[C@@H]1O[C@H]2C[C@H]3OC(C)(C)OC[C@H]3O[C@H]2[C@H](C)[C@H]1O.COC(C)(C)C. The standard InChI is InChI=1S/C25H40O8.C22H36O8.C5H12O/c1-13-9-16(7-8-22(26)28-6)30-17(14(13)2)10-19-23(27)15(3)24-20(31-19)11-18-21(32-24)12-29-25(4,5)33-18;1-11-7-14(5-6-20(25)27-4)28-16(12(11)2)9-17-21(26)13(3)22-18(29-17)8-15(24)19(10-23)30-22;1-5(2,3)6-4/h13,15-21,23-24,27H,2,7-12H2,1,3-6H3;11,13-19,21-24,26H,2,5-10H2,1,3-4H3;1-4H3/t13-,15-,16+,17-,18-,19+,20+,21-,23-,24+;11-,13-,14+,15-,16-,17+,18+,19-,21-,22+;/m11./s1. The summed E-state index contributed by atoms with van der Waals surface area (Å²) in [4.78, 5) is 23.1. The van der Waals surface area contributed by atoms with Crippen LogP contribution in [0.3, 0.4) is 0 Å². The van der Waals surface area contributed by atoms with Gasteiger partial charge in [0.25, 0.3) is 0 Å². The number of fused-ring (bicyclic) bond motifs is 3. The molecule has 0 aliphatic carbocycles. The fourth-order valence-corrected chi connectivity index (χ4v) is 10.6. The molecular weight excluding hydrogens is 897 g/mol. The topological polar surface area (TPSA) is 217 Å². The molecule has 0 amide bonds. The van der Waals surface area contributed by atoms with Gasteiger partial charge in [0.2, 0.25) is 0 Å². The van der Waals surface area contributed by atoms with Crippen LogP contribution in [-0.4, -0.2) is 176 Å². The molecule has 17 heteroatoms. The number of carbonyl (C=O) groups is 2. The van der Waals surface area contributed by atoms with E-state index in [2.05, 4.69) is 27.0 Å². The lowest BCUT2D eigenvalue weighted by Crippen LogP contribution is -2.63. The third-order valence-electron chi connectivity index (χ3n) is 15.3. The molecule has 0 aromatic rings. The van der Waals surface area contributed by atoms with Gasteiger partial charge in [-0.3, -0.25) is 9.59 Å². The van der Waals surface area contributed by atoms with Crippen LogP contribution in [0.15, 0.2) is 24.3 Å². The summed E-state index contributed by atoms with van der Waals surface area (Å²) in [6.45, 7) is 26.7. The van der Waals surface area contributed by atoms with Gasteiger partial charge in [-0.1, -0.05) is 40.9 Å². The van der Waals surface area contributed by atoms with Gasteiger partial charge in [0.05, 0.1) is 118 Å². The zero-order valence-corrected chi connectivity index (χ0v) is 43.5. The molecule has 0 saturated carbocycles. The number of aliphatic hydroxyl groups is 4. The lowest BCUT2D eigenvalue weighted by molar-refractivity contribution is -0.355. The van der Waals surface area contributed by atoms with Crippen molar-refractivity contribution in [2.45, 2.75) is 236 Å². The second-order valence-corrected chi connectivity index (χ2v) is 21.9. The van der Waals surface area contributed by atoms with Crippen molar-refractivity contribution >= 4 is 11.9 Å². The summed E-state index contributed by atoms with van der Waals surface area (Å²) in [6.07, 6.45) is -0.222. The molecule has 7 heterocycles. The summed E-state index contributed by atoms with van der Waals surface area (Å²) in [5.41, 5.74) is 2.03. The molecule has 0 aromatic heterocycles. The van der Waals surface area contributed by atoms with Gasteiger partial charge in [-0.05, 0) is 83.3 Å². The third-order valence-corrected chi connectivity index (χ3v) is 15.3. The number of aliphatic hydroxyl groups excluding tert-OH is 4. The zero-order chi connectivity index (χ0) is 51.1. The van der Waals surface area contributed by atoms with Gasteiger partial charge < -0.3 is 72.5 Å². The van der Waals surface area contributed by atoms with E-state index < -0.39 is 36.3 Å². The van der Waals surface area contributed by atoms with Gasteiger partial charge in [0.15, 0.2) is 5.79 Å². The summed E-state index contributed by atoms with van der Waals surface area (Å²) in [5.74, 6) is -0.910. The number of rotatable bonds is 11. The molecule has 0 unspecified atom stereocenters. The van der Waals surface area contributed by atoms with Crippen molar-refractivity contribution in [3.63, 3.8) is 0 Å². The molecule has 4 N–H and O–H groups in total. The molecule has 69 heavy (non-hydrogen) atoms. The summed E-state index contributed by atoms with van der Waals surface area (Å²) in [5, 5.41) is 41.6. The molecule has 0 aromatic carbocycles. The van der Waals surface area contributed by atoms with E-state index in [-0.39, 0.29) is 115 Å². The largest absolute Gasteiger partial charge is 0.469 e. The maximum atomic E-state index is 11.6. The molecule has 7 rings (SSSR count). The minimum atomic E-state index is -0.803. The fraction of sp³-hybridized carbons (Fsp3) is 0.885. The van der Waals surface area contributed by atoms with E-state index >= 15 is 0 Å². The van der Waals surface area contributed by atoms with Crippen molar-refractivity contribution in [2.24, 2.45) is 23.7 Å². The number of ether oxygens (including phenoxy) is 11. The Hall–Kier alpha value is -2.10. The third kappa shape index (κ3) is 15.5. The van der Waals surface area contributed by atoms with E-state index in [4.69, 9.17) is 52.1 Å². The minimum Gasteiger partial charge on any atom is -0.469 e. The normalized spacial score (nSPS) is 41.9. The van der Waals surface area contributed by atoms with Gasteiger partial charge >= 0.3 is 11.9 Å². The van der Waals surface area contributed by atoms with Gasteiger partial charge in [0, 0.05) is 57.5 Å². The minimum absolute atomic E-state index is 0.0417. The highest BCUT2D eigenvalue weighted by Crippen LogP contribution is 2.43. The molecule has 0 spiro atoms. The van der Waals surface area contributed by atoms with E-state index in [1.165, 1.54) is 14.2 Å². The maximum absolute atomic E-state index is 11.6. The van der Waals surface area contributed by atoms with Gasteiger partial charge in [-0.25, -0.2) is 0 Å². The van der Waals surface area contributed by atoms with Crippen LogP contribution in [0.2, 0.25) is 0 Å². The van der Waals surface area contributed by atoms with E-state index in [1.807, 2.05) is 48.5 Å². The van der Waals surface area contributed by atoms with Crippen LogP contribution in [0.5, 0.6) is 0 Å². The zero-order valence-electron chi connectivity index (χ0n) is 43.5. The van der Waals surface area contributed by atoms with Crippen LogP contribution in [-0.2, 0) is 61.7 Å². The molecular formula is C52H88O17. The predicted octanol–water partition coefficient (Wildman–Crippen LogP) is 5.14. The number of hydrogen-bond acceptors (Lipinski definition) is 17. The van der Waals surface area contributed by atoms with Gasteiger partial charge in [0.1, 0.15) is 12.2 Å². The van der Waals surface area contributed by atoms with Crippen molar-refractivity contribution in [1.29, 1.82) is 0 Å². The Balaban J connectivity index is 0.000000231. The average molecular weight is 985 g/mol. The molecule has 17 nitrogen and oxygen atoms in total. The summed E-state index contributed by atoms with van der Waals surface area (Å²) >= 11 is 0. The van der Waals surface area contributed by atoms with Crippen LogP contribution < -0.4 is 0 Å². The molecule has 0 bridgehead atoms. The molecule has 20 atom stereocenters. The number of carbonyl (C=O) groups excluding carboxylic acids is 2. The molecule has 0 radical (unpaired) electrons. The maximum Gasteiger partial charge on any atom is 0.305 e. The van der Waals surface area contributed by atoms with E-state index in [0.717, 1.165) is 24.0 Å². The first-order valence-corrected chi connectivity index (χ1v) is 25.3. The number of hydrogen-bond donors (Lipinski definition) is 4. The Labute approximate surface area is 411 Å². The lowest BCUT2D eigenvalue weighted by atomic mass is 9.79. The molecule has 7 aliphatic heterocycles. The monoisotopic (exact) mass is 985 g/mol. The van der Waals surface area contributed by atoms with E-state index in [9.17, 15) is 30.0 Å². The second-order valence-electron chi connectivity index (χ2n) is 21.9. The highest BCUT2D eigenvalue weighted by Gasteiger charge is 2.53. The van der Waals surface area contributed by atoms with Crippen LogP contribution in [0.4, 0.5) is 0 Å². The Kier molecular flexibility index (Phi) is 21.1. The fourth-order valence-electron chi connectivity index (χ4n) is 10.6. The highest BCUT2D eigenvalue weighted by molar-refractivity contribution is 5.69. The second kappa shape index (κ2) is 25.2. The Morgan fingerprint density at radius 2 is 1.10 bits per heavy atom. The van der Waals surface area contributed by atoms with Crippen molar-refractivity contribution in [3.05, 3.63) is 24.3 Å². The summed E-state index contributed by atoms with van der Waals surface area (Å²) in [7, 11) is 4.49. The van der Waals surface area contributed by atoms with Crippen molar-refractivity contribution in [1.82, 2.24) is 0 Å². The molecule has 398 valence electrons. The molecule has 7 aliphatic rings. The molecule has 7 fully saturated rings. The van der Waals surface area contributed by atoms with Gasteiger partial charge in [-0.2, -0.15) is 0 Å². The first-order chi connectivity index (χ1) is 32.4. The average Bonchev–Trinajstić information content (AvgIpc) is 3.30. The molecule has 7 saturated heterocycles.